The number of oxime groups is 1. The van der Waals surface area contributed by atoms with Crippen molar-refractivity contribution in [1.29, 1.82) is 0 Å². The van der Waals surface area contributed by atoms with Crippen LogP contribution in [0.4, 0.5) is 5.69 Å². The molecule has 0 radical (unpaired) electrons. The highest BCUT2D eigenvalue weighted by Gasteiger charge is 2.24. The Morgan fingerprint density at radius 3 is 2.56 bits per heavy atom. The van der Waals surface area contributed by atoms with E-state index in [2.05, 4.69) is 10.5 Å². The maximum atomic E-state index is 11.4. The zero-order valence-corrected chi connectivity index (χ0v) is 9.68. The van der Waals surface area contributed by atoms with Crippen molar-refractivity contribution in [2.75, 3.05) is 0 Å². The molecule has 8 heteroatoms. The van der Waals surface area contributed by atoms with Gasteiger partial charge in [0.15, 0.2) is 0 Å². The number of rotatable bonds is 2. The smallest absolute Gasteiger partial charge is 0.269 e. The van der Waals surface area contributed by atoms with Crippen molar-refractivity contribution in [2.45, 2.75) is 0 Å². The van der Waals surface area contributed by atoms with E-state index < -0.39 is 4.92 Å². The molecule has 0 atom stereocenters. The minimum Gasteiger partial charge on any atom is -0.409 e. The van der Waals surface area contributed by atoms with Crippen molar-refractivity contribution < 1.29 is 14.9 Å². The summed E-state index contributed by atoms with van der Waals surface area (Å²) in [4.78, 5) is 21.8. The fourth-order valence-corrected chi connectivity index (χ4v) is 2.05. The van der Waals surface area contributed by atoms with E-state index in [0.29, 0.717) is 10.5 Å². The lowest BCUT2D eigenvalue weighted by atomic mass is 10.2. The number of hydrogen-bond donors (Lipinski definition) is 2. The van der Waals surface area contributed by atoms with E-state index in [1.54, 1.807) is 6.08 Å². The zero-order valence-electron chi connectivity index (χ0n) is 8.86. The van der Waals surface area contributed by atoms with Gasteiger partial charge in [0.2, 0.25) is 5.17 Å². The molecule has 1 fully saturated rings. The van der Waals surface area contributed by atoms with E-state index in [1.807, 2.05) is 0 Å². The van der Waals surface area contributed by atoms with Crippen molar-refractivity contribution in [3.8, 4) is 0 Å². The van der Waals surface area contributed by atoms with Crippen LogP contribution in [0.3, 0.4) is 0 Å². The highest BCUT2D eigenvalue weighted by molar-refractivity contribution is 8.18. The maximum absolute atomic E-state index is 11.4. The lowest BCUT2D eigenvalue weighted by molar-refractivity contribution is -0.384. The standard InChI is InChI=1S/C10H7N3O4S/c14-9-8(18-10(11-9)12-15)5-6-1-3-7(4-2-6)13(16)17/h1-5,15H,(H,11,12,14). The fourth-order valence-electron chi connectivity index (χ4n) is 1.32. The molecule has 0 aromatic heterocycles. The Morgan fingerprint density at radius 2 is 2.06 bits per heavy atom. The minimum absolute atomic E-state index is 0.0155. The number of carbonyl (C=O) groups is 1. The molecule has 0 spiro atoms. The van der Waals surface area contributed by atoms with Crippen LogP contribution in [0.1, 0.15) is 5.56 Å². The molecule has 2 rings (SSSR count). The van der Waals surface area contributed by atoms with Crippen LogP contribution in [0, 0.1) is 10.1 Å². The third-order valence-electron chi connectivity index (χ3n) is 2.14. The Kier molecular flexibility index (Phi) is 3.28. The lowest BCUT2D eigenvalue weighted by Crippen LogP contribution is -2.19. The van der Waals surface area contributed by atoms with Crippen LogP contribution in [0.25, 0.3) is 6.08 Å². The Labute approximate surface area is 105 Å². The normalized spacial score (nSPS) is 19.2. The Bertz CT molecular complexity index is 565. The summed E-state index contributed by atoms with van der Waals surface area (Å²) in [6.45, 7) is 0. The summed E-state index contributed by atoms with van der Waals surface area (Å²) in [5.41, 5.74) is 0.635. The number of benzene rings is 1. The summed E-state index contributed by atoms with van der Waals surface area (Å²) in [5, 5.41) is 24.3. The molecule has 0 saturated carbocycles. The molecule has 0 bridgehead atoms. The fraction of sp³-hybridized carbons (Fsp3) is 0. The number of nitrogens with zero attached hydrogens (tertiary/aromatic N) is 2. The molecule has 0 unspecified atom stereocenters. The van der Waals surface area contributed by atoms with Crippen LogP contribution >= 0.6 is 11.8 Å². The molecule has 18 heavy (non-hydrogen) atoms. The van der Waals surface area contributed by atoms with Gasteiger partial charge in [-0.25, -0.2) is 0 Å². The number of hydrogen-bond acceptors (Lipinski definition) is 6. The number of non-ortho nitro benzene ring substituents is 1. The summed E-state index contributed by atoms with van der Waals surface area (Å²) in [6.07, 6.45) is 1.56. The summed E-state index contributed by atoms with van der Waals surface area (Å²) in [6, 6.07) is 5.77. The molecule has 1 aliphatic heterocycles. The van der Waals surface area contributed by atoms with Gasteiger partial charge in [-0.3, -0.25) is 20.2 Å². The molecule has 7 nitrogen and oxygen atoms in total. The van der Waals surface area contributed by atoms with E-state index in [4.69, 9.17) is 5.21 Å². The first-order valence-corrected chi connectivity index (χ1v) is 5.59. The van der Waals surface area contributed by atoms with Crippen LogP contribution in [0.2, 0.25) is 0 Å². The molecule has 1 aliphatic rings. The molecule has 1 heterocycles. The minimum atomic E-state index is -0.496. The summed E-state index contributed by atoms with van der Waals surface area (Å²) >= 11 is 0.991. The monoisotopic (exact) mass is 265 g/mol. The number of nitrogens with one attached hydrogen (secondary N) is 1. The Balaban J connectivity index is 2.23. The molecular weight excluding hydrogens is 258 g/mol. The second-order valence-corrected chi connectivity index (χ2v) is 4.35. The summed E-state index contributed by atoms with van der Waals surface area (Å²) < 4.78 is 0. The molecular formula is C10H7N3O4S. The molecule has 1 aromatic carbocycles. The van der Waals surface area contributed by atoms with Crippen LogP contribution in [0.5, 0.6) is 0 Å². The van der Waals surface area contributed by atoms with Crippen molar-refractivity contribution >= 4 is 34.6 Å². The maximum Gasteiger partial charge on any atom is 0.269 e. The van der Waals surface area contributed by atoms with E-state index in [0.717, 1.165) is 11.8 Å². The molecule has 92 valence electrons. The van der Waals surface area contributed by atoms with Gasteiger partial charge in [0, 0.05) is 12.1 Å². The third kappa shape index (κ3) is 2.48. The highest BCUT2D eigenvalue weighted by Crippen LogP contribution is 2.26. The first-order valence-electron chi connectivity index (χ1n) is 4.77. The second kappa shape index (κ2) is 4.88. The van der Waals surface area contributed by atoms with Gasteiger partial charge in [-0.15, -0.1) is 0 Å². The van der Waals surface area contributed by atoms with E-state index in [9.17, 15) is 14.9 Å². The zero-order chi connectivity index (χ0) is 13.1. The number of nitro groups is 1. The largest absolute Gasteiger partial charge is 0.409 e. The van der Waals surface area contributed by atoms with Gasteiger partial charge in [-0.1, -0.05) is 5.16 Å². The van der Waals surface area contributed by atoms with Crippen LogP contribution in [-0.2, 0) is 4.79 Å². The molecule has 2 N–H and O–H groups in total. The number of amidine groups is 1. The van der Waals surface area contributed by atoms with Crippen molar-refractivity contribution in [1.82, 2.24) is 5.32 Å². The first-order chi connectivity index (χ1) is 8.60. The Hall–Kier alpha value is -2.35. The molecule has 1 amide bonds. The number of carbonyl (C=O) groups excluding carboxylic acids is 1. The highest BCUT2D eigenvalue weighted by atomic mass is 32.2. The van der Waals surface area contributed by atoms with Crippen LogP contribution < -0.4 is 5.32 Å². The van der Waals surface area contributed by atoms with E-state index >= 15 is 0 Å². The molecule has 1 aromatic rings. The van der Waals surface area contributed by atoms with Gasteiger partial charge in [-0.2, -0.15) is 0 Å². The summed E-state index contributed by atoms with van der Waals surface area (Å²) in [5.74, 6) is -0.369. The quantitative estimate of drug-likeness (QED) is 0.365. The van der Waals surface area contributed by atoms with Gasteiger partial charge < -0.3 is 5.21 Å². The average molecular weight is 265 g/mol. The average Bonchev–Trinajstić information content (AvgIpc) is 2.71. The predicted molar refractivity (Wildman–Crippen MR) is 66.0 cm³/mol. The van der Waals surface area contributed by atoms with Crippen molar-refractivity contribution in [2.24, 2.45) is 5.16 Å². The third-order valence-corrected chi connectivity index (χ3v) is 3.04. The van der Waals surface area contributed by atoms with Crippen LogP contribution in [-0.4, -0.2) is 21.2 Å². The van der Waals surface area contributed by atoms with Gasteiger partial charge in [-0.05, 0) is 35.5 Å². The van der Waals surface area contributed by atoms with Crippen LogP contribution in [0.15, 0.2) is 34.3 Å². The van der Waals surface area contributed by atoms with E-state index in [-0.39, 0.29) is 16.8 Å². The topological polar surface area (TPSA) is 105 Å². The van der Waals surface area contributed by atoms with Crippen molar-refractivity contribution in [3.05, 3.63) is 44.8 Å². The number of nitro benzene ring substituents is 1. The van der Waals surface area contributed by atoms with Gasteiger partial charge in [0.05, 0.1) is 9.83 Å². The Morgan fingerprint density at radius 1 is 1.39 bits per heavy atom. The first kappa shape index (κ1) is 12.1. The summed E-state index contributed by atoms with van der Waals surface area (Å²) in [7, 11) is 0. The second-order valence-electron chi connectivity index (χ2n) is 3.32. The van der Waals surface area contributed by atoms with Gasteiger partial charge in [0.25, 0.3) is 11.6 Å². The SMILES string of the molecule is O=C1N/C(=N\O)SC1=Cc1ccc([N+](=O)[O-])cc1. The van der Waals surface area contributed by atoms with Gasteiger partial charge >= 0.3 is 0 Å². The predicted octanol–water partition coefficient (Wildman–Crippen LogP) is 1.54. The van der Waals surface area contributed by atoms with Crippen molar-refractivity contribution in [3.63, 3.8) is 0 Å². The van der Waals surface area contributed by atoms with E-state index in [1.165, 1.54) is 24.3 Å². The number of amides is 1. The lowest BCUT2D eigenvalue weighted by Gasteiger charge is -1.95. The van der Waals surface area contributed by atoms with Gasteiger partial charge in [0.1, 0.15) is 0 Å². The number of thioether (sulfide) groups is 1. The molecule has 1 saturated heterocycles. The molecule has 0 aliphatic carbocycles.